The molecule has 0 bridgehead atoms. The van der Waals surface area contributed by atoms with Crippen molar-refractivity contribution in [2.24, 2.45) is 0 Å². The molecule has 6 aromatic carbocycles. The summed E-state index contributed by atoms with van der Waals surface area (Å²) in [7, 11) is -1.54. The minimum Gasteiger partial charge on any atom is -0.166 e. The largest absolute Gasteiger partial charge is 0.166 e. The number of aryl methyl sites for hydroxylation is 2. The molecule has 0 N–H and O–H groups in total. The predicted molar refractivity (Wildman–Crippen MR) is 214 cm³/mol. The number of hydrogen-bond acceptors (Lipinski definition) is 1. The van der Waals surface area contributed by atoms with Crippen LogP contribution in [0.15, 0.2) is 146 Å². The van der Waals surface area contributed by atoms with Crippen LogP contribution >= 0.6 is 28.5 Å². The van der Waals surface area contributed by atoms with Gasteiger partial charge in [-0.1, -0.05) is 146 Å². The van der Waals surface area contributed by atoms with Crippen LogP contribution in [0.5, 0.6) is 0 Å². The zero-order chi connectivity index (χ0) is 32.3. The van der Waals surface area contributed by atoms with Gasteiger partial charge in [0, 0.05) is 0 Å². The maximum atomic E-state index is 5.88. The van der Waals surface area contributed by atoms with Gasteiger partial charge < -0.3 is 0 Å². The van der Waals surface area contributed by atoms with Crippen molar-refractivity contribution in [1.29, 1.82) is 0 Å². The molecule has 8 rings (SSSR count). The van der Waals surface area contributed by atoms with Gasteiger partial charge in [0.05, 0.1) is 5.25 Å². The van der Waals surface area contributed by atoms with Crippen LogP contribution in [0, 0.1) is 0 Å². The fraction of sp³-hybridized carbons (Fsp3) is 0.200. The second-order valence-corrected chi connectivity index (χ2v) is 18.0. The first-order valence-electron chi connectivity index (χ1n) is 17.6. The first kappa shape index (κ1) is 31.8. The Kier molecular flexibility index (Phi) is 9.64. The fourth-order valence-corrected chi connectivity index (χ4v) is 13.8. The van der Waals surface area contributed by atoms with E-state index in [0.29, 0.717) is 0 Å². The zero-order valence-corrected chi connectivity index (χ0v) is 30.1. The lowest BCUT2D eigenvalue weighted by atomic mass is 9.82. The topological polar surface area (TPSA) is 0 Å². The number of hydrogen-bond donors (Lipinski definition) is 1. The molecule has 0 nitrogen and oxygen atoms in total. The average molecular weight is 677 g/mol. The van der Waals surface area contributed by atoms with Crippen molar-refractivity contribution in [3.63, 3.8) is 0 Å². The molecule has 6 aromatic rings. The lowest BCUT2D eigenvalue weighted by molar-refractivity contribution is 0.674. The zero-order valence-electron chi connectivity index (χ0n) is 27.4. The van der Waals surface area contributed by atoms with Crippen molar-refractivity contribution >= 4 is 60.3 Å². The summed E-state index contributed by atoms with van der Waals surface area (Å²) in [5.41, 5.74) is 9.20. The van der Waals surface area contributed by atoms with E-state index in [1.54, 1.807) is 11.1 Å². The van der Waals surface area contributed by atoms with E-state index < -0.39 is 15.8 Å². The van der Waals surface area contributed by atoms with E-state index in [1.807, 2.05) is 0 Å². The van der Waals surface area contributed by atoms with E-state index in [4.69, 9.17) is 12.6 Å². The third kappa shape index (κ3) is 6.23. The molecule has 0 atom stereocenters. The van der Waals surface area contributed by atoms with Gasteiger partial charge >= 0.3 is 0 Å². The van der Waals surface area contributed by atoms with Gasteiger partial charge in [-0.05, 0) is 132 Å². The van der Waals surface area contributed by atoms with Gasteiger partial charge in [-0.2, -0.15) is 12.6 Å². The van der Waals surface area contributed by atoms with Crippen molar-refractivity contribution in [2.45, 2.75) is 56.6 Å². The van der Waals surface area contributed by atoms with E-state index >= 15 is 0 Å². The van der Waals surface area contributed by atoms with Gasteiger partial charge in [0.25, 0.3) is 0 Å². The molecule has 0 saturated carbocycles. The molecular weight excluding hydrogens is 635 g/mol. The standard InChI is InChI=1S/C45H42P2S/c48-45(43-39-27-15-13-17-33(39)29-31-41(43)46(35-19-5-1-6-20-35)36-21-7-2-8-22-36)44-40-28-16-14-18-34(40)30-32-42(44)47(37-23-9-3-10-24-37)38-25-11-4-12-26-38/h1-12,19-26,29-32,45,48H,13-18,27-28H2. The highest BCUT2D eigenvalue weighted by molar-refractivity contribution is 7.82. The van der Waals surface area contributed by atoms with E-state index in [1.165, 1.54) is 79.8 Å². The maximum absolute atomic E-state index is 5.88. The quantitative estimate of drug-likeness (QED) is 0.121. The molecule has 3 heteroatoms. The highest BCUT2D eigenvalue weighted by Crippen LogP contribution is 2.46. The predicted octanol–water partition coefficient (Wildman–Crippen LogP) is 8.98. The molecule has 0 amide bonds. The minimum atomic E-state index is -0.772. The van der Waals surface area contributed by atoms with Crippen molar-refractivity contribution in [1.82, 2.24) is 0 Å². The van der Waals surface area contributed by atoms with Crippen LogP contribution in [0.1, 0.15) is 64.3 Å². The number of fused-ring (bicyclic) bond motifs is 2. The van der Waals surface area contributed by atoms with Crippen LogP contribution in [0.2, 0.25) is 0 Å². The van der Waals surface area contributed by atoms with Crippen molar-refractivity contribution in [2.75, 3.05) is 0 Å². The summed E-state index contributed by atoms with van der Waals surface area (Å²) < 4.78 is 0. The van der Waals surface area contributed by atoms with Gasteiger partial charge in [-0.25, -0.2) is 0 Å². The van der Waals surface area contributed by atoms with Crippen LogP contribution in [0.4, 0.5) is 0 Å². The molecule has 0 aromatic heterocycles. The van der Waals surface area contributed by atoms with E-state index in [0.717, 1.165) is 25.7 Å². The molecule has 0 unspecified atom stereocenters. The SMILES string of the molecule is SC(c1c(P(c2ccccc2)c2ccccc2)ccc2c1CCCC2)c1c(P(c2ccccc2)c2ccccc2)ccc2c1CCCC2. The lowest BCUT2D eigenvalue weighted by Gasteiger charge is -2.34. The Morgan fingerprint density at radius 1 is 0.375 bits per heavy atom. The highest BCUT2D eigenvalue weighted by atomic mass is 32.1. The van der Waals surface area contributed by atoms with E-state index in [2.05, 4.69) is 146 Å². The van der Waals surface area contributed by atoms with Gasteiger partial charge in [0.15, 0.2) is 0 Å². The molecule has 0 fully saturated rings. The van der Waals surface area contributed by atoms with Crippen molar-refractivity contribution in [3.8, 4) is 0 Å². The van der Waals surface area contributed by atoms with Crippen LogP contribution in [0.3, 0.4) is 0 Å². The Bertz CT molecular complexity index is 1770. The summed E-state index contributed by atoms with van der Waals surface area (Å²) in [6.45, 7) is 0. The van der Waals surface area contributed by atoms with Crippen LogP contribution in [-0.4, -0.2) is 0 Å². The van der Waals surface area contributed by atoms with Crippen LogP contribution < -0.4 is 31.8 Å². The Balaban J connectivity index is 1.41. The molecular formula is C45H42P2S. The first-order chi connectivity index (χ1) is 23.8. The van der Waals surface area contributed by atoms with Gasteiger partial charge in [0.2, 0.25) is 0 Å². The normalized spacial score (nSPS) is 14.2. The monoisotopic (exact) mass is 676 g/mol. The Morgan fingerprint density at radius 2 is 0.688 bits per heavy atom. The second kappa shape index (κ2) is 14.6. The minimum absolute atomic E-state index is 0.00838. The highest BCUT2D eigenvalue weighted by Gasteiger charge is 2.33. The summed E-state index contributed by atoms with van der Waals surface area (Å²) in [5.74, 6) is 0. The third-order valence-corrected chi connectivity index (χ3v) is 15.7. The third-order valence-electron chi connectivity index (χ3n) is 10.2. The number of thiol groups is 1. The van der Waals surface area contributed by atoms with E-state index in [9.17, 15) is 0 Å². The molecule has 0 radical (unpaired) electrons. The smallest absolute Gasteiger partial charge is 0.0535 e. The number of rotatable bonds is 8. The summed E-state index contributed by atoms with van der Waals surface area (Å²) in [5, 5.41) is 8.57. The molecule has 0 aliphatic heterocycles. The molecule has 238 valence electrons. The summed E-state index contributed by atoms with van der Waals surface area (Å²) in [6.07, 6.45) is 9.65. The molecule has 48 heavy (non-hydrogen) atoms. The first-order valence-corrected chi connectivity index (χ1v) is 20.8. The molecule has 0 heterocycles. The van der Waals surface area contributed by atoms with E-state index in [-0.39, 0.29) is 5.25 Å². The van der Waals surface area contributed by atoms with Gasteiger partial charge in [-0.15, -0.1) is 0 Å². The Hall–Kier alpha value is -3.47. The Morgan fingerprint density at radius 3 is 1.02 bits per heavy atom. The Labute approximate surface area is 294 Å². The number of benzene rings is 6. The maximum Gasteiger partial charge on any atom is 0.0535 e. The van der Waals surface area contributed by atoms with Gasteiger partial charge in [0.1, 0.15) is 0 Å². The molecule has 0 saturated heterocycles. The van der Waals surface area contributed by atoms with Crippen LogP contribution in [-0.2, 0) is 25.7 Å². The van der Waals surface area contributed by atoms with Crippen molar-refractivity contribution < 1.29 is 0 Å². The summed E-state index contributed by atoms with van der Waals surface area (Å²) in [6, 6.07) is 55.0. The molecule has 0 spiro atoms. The summed E-state index contributed by atoms with van der Waals surface area (Å²) in [4.78, 5) is 0. The second-order valence-electron chi connectivity index (χ2n) is 13.1. The fourth-order valence-electron chi connectivity index (χ4n) is 8.00. The van der Waals surface area contributed by atoms with Crippen molar-refractivity contribution in [3.05, 3.63) is 179 Å². The van der Waals surface area contributed by atoms with Gasteiger partial charge in [-0.3, -0.25) is 0 Å². The molecule has 2 aliphatic carbocycles. The van der Waals surface area contributed by atoms with Crippen LogP contribution in [0.25, 0.3) is 0 Å². The molecule has 2 aliphatic rings. The lowest BCUT2D eigenvalue weighted by Crippen LogP contribution is -2.30. The average Bonchev–Trinajstić information content (AvgIpc) is 3.16. The summed E-state index contributed by atoms with van der Waals surface area (Å²) >= 11 is 5.88.